The molecule has 0 aliphatic heterocycles. The standard InChI is InChI=1S/C19H22FNO2/c1-4-17(23-18-11-7-8-13(2)14(18)3)19(22)21-12-15-9-5-6-10-16(15)20/h5-11,17H,4,12H2,1-3H3,(H,21,22). The van der Waals surface area contributed by atoms with Crippen LogP contribution in [0.4, 0.5) is 4.39 Å². The third-order valence-electron chi connectivity index (χ3n) is 3.90. The molecule has 2 aromatic rings. The van der Waals surface area contributed by atoms with Crippen LogP contribution < -0.4 is 10.1 Å². The van der Waals surface area contributed by atoms with Crippen LogP contribution >= 0.6 is 0 Å². The molecule has 0 radical (unpaired) electrons. The fourth-order valence-electron chi connectivity index (χ4n) is 2.27. The van der Waals surface area contributed by atoms with Crippen molar-refractivity contribution in [1.29, 1.82) is 0 Å². The van der Waals surface area contributed by atoms with Gasteiger partial charge in [0.2, 0.25) is 0 Å². The van der Waals surface area contributed by atoms with Crippen LogP contribution in [0.1, 0.15) is 30.0 Å². The van der Waals surface area contributed by atoms with E-state index < -0.39 is 6.10 Å². The van der Waals surface area contributed by atoms with Gasteiger partial charge in [-0.25, -0.2) is 4.39 Å². The number of benzene rings is 2. The molecule has 0 saturated carbocycles. The van der Waals surface area contributed by atoms with E-state index in [9.17, 15) is 9.18 Å². The molecule has 0 saturated heterocycles. The van der Waals surface area contributed by atoms with Gasteiger partial charge in [-0.05, 0) is 43.5 Å². The molecule has 23 heavy (non-hydrogen) atoms. The number of amides is 1. The van der Waals surface area contributed by atoms with Crippen molar-refractivity contribution in [3.63, 3.8) is 0 Å². The van der Waals surface area contributed by atoms with E-state index >= 15 is 0 Å². The Balaban J connectivity index is 2.01. The first kappa shape index (κ1) is 17.0. The van der Waals surface area contributed by atoms with E-state index in [1.165, 1.54) is 6.07 Å². The SMILES string of the molecule is CCC(Oc1cccc(C)c1C)C(=O)NCc1ccccc1F. The van der Waals surface area contributed by atoms with Crippen LogP contribution in [0.2, 0.25) is 0 Å². The van der Waals surface area contributed by atoms with Crippen molar-refractivity contribution >= 4 is 5.91 Å². The van der Waals surface area contributed by atoms with Gasteiger partial charge in [0, 0.05) is 12.1 Å². The number of halogens is 1. The second-order valence-corrected chi connectivity index (χ2v) is 5.52. The lowest BCUT2D eigenvalue weighted by Gasteiger charge is -2.19. The number of hydrogen-bond acceptors (Lipinski definition) is 2. The maximum absolute atomic E-state index is 13.6. The maximum atomic E-state index is 13.6. The predicted octanol–water partition coefficient (Wildman–Crippen LogP) is 3.92. The second kappa shape index (κ2) is 7.77. The smallest absolute Gasteiger partial charge is 0.261 e. The van der Waals surface area contributed by atoms with Crippen molar-refractivity contribution < 1.29 is 13.9 Å². The summed E-state index contributed by atoms with van der Waals surface area (Å²) in [6, 6.07) is 12.2. The van der Waals surface area contributed by atoms with E-state index in [0.717, 1.165) is 11.1 Å². The monoisotopic (exact) mass is 315 g/mol. The highest BCUT2D eigenvalue weighted by molar-refractivity contribution is 5.81. The van der Waals surface area contributed by atoms with Gasteiger partial charge in [0.05, 0.1) is 0 Å². The average molecular weight is 315 g/mol. The molecule has 122 valence electrons. The first-order chi connectivity index (χ1) is 11.0. The lowest BCUT2D eigenvalue weighted by molar-refractivity contribution is -0.128. The molecular weight excluding hydrogens is 293 g/mol. The van der Waals surface area contributed by atoms with Crippen molar-refractivity contribution in [2.45, 2.75) is 39.8 Å². The highest BCUT2D eigenvalue weighted by Gasteiger charge is 2.19. The summed E-state index contributed by atoms with van der Waals surface area (Å²) in [6.45, 7) is 6.01. The topological polar surface area (TPSA) is 38.3 Å². The number of ether oxygens (including phenoxy) is 1. The number of hydrogen-bond donors (Lipinski definition) is 1. The molecule has 2 aromatic carbocycles. The fraction of sp³-hybridized carbons (Fsp3) is 0.316. The van der Waals surface area contributed by atoms with Crippen molar-refractivity contribution in [2.24, 2.45) is 0 Å². The van der Waals surface area contributed by atoms with Crippen molar-refractivity contribution in [3.8, 4) is 5.75 Å². The Bertz CT molecular complexity index is 685. The molecule has 1 N–H and O–H groups in total. The summed E-state index contributed by atoms with van der Waals surface area (Å²) in [7, 11) is 0. The minimum atomic E-state index is -0.595. The Hall–Kier alpha value is -2.36. The minimum Gasteiger partial charge on any atom is -0.480 e. The Labute approximate surface area is 136 Å². The fourth-order valence-corrected chi connectivity index (χ4v) is 2.27. The summed E-state index contributed by atoms with van der Waals surface area (Å²) in [5.41, 5.74) is 2.60. The third-order valence-corrected chi connectivity index (χ3v) is 3.90. The second-order valence-electron chi connectivity index (χ2n) is 5.52. The first-order valence-electron chi connectivity index (χ1n) is 7.77. The summed E-state index contributed by atoms with van der Waals surface area (Å²) in [4.78, 5) is 12.3. The van der Waals surface area contributed by atoms with Crippen molar-refractivity contribution in [3.05, 3.63) is 65.0 Å². The zero-order chi connectivity index (χ0) is 16.8. The van der Waals surface area contributed by atoms with Gasteiger partial charge in [-0.3, -0.25) is 4.79 Å². The molecular formula is C19H22FNO2. The molecule has 0 aliphatic carbocycles. The van der Waals surface area contributed by atoms with E-state index in [-0.39, 0.29) is 18.3 Å². The zero-order valence-electron chi connectivity index (χ0n) is 13.7. The summed E-state index contributed by atoms with van der Waals surface area (Å²) in [5, 5.41) is 2.74. The molecule has 0 aliphatic rings. The molecule has 0 aromatic heterocycles. The van der Waals surface area contributed by atoms with E-state index in [4.69, 9.17) is 4.74 Å². The highest BCUT2D eigenvalue weighted by atomic mass is 19.1. The maximum Gasteiger partial charge on any atom is 0.261 e. The van der Waals surface area contributed by atoms with E-state index in [1.807, 2.05) is 39.0 Å². The van der Waals surface area contributed by atoms with Gasteiger partial charge in [-0.15, -0.1) is 0 Å². The normalized spacial score (nSPS) is 11.8. The van der Waals surface area contributed by atoms with Crippen molar-refractivity contribution in [2.75, 3.05) is 0 Å². The summed E-state index contributed by atoms with van der Waals surface area (Å²) in [6.07, 6.45) is -0.0569. The molecule has 3 nitrogen and oxygen atoms in total. The van der Waals surface area contributed by atoms with Gasteiger partial charge >= 0.3 is 0 Å². The quantitative estimate of drug-likeness (QED) is 0.877. The molecule has 1 amide bonds. The third kappa shape index (κ3) is 4.31. The van der Waals surface area contributed by atoms with Crippen molar-refractivity contribution in [1.82, 2.24) is 5.32 Å². The number of carbonyl (C=O) groups excluding carboxylic acids is 1. The predicted molar refractivity (Wildman–Crippen MR) is 88.9 cm³/mol. The molecule has 0 spiro atoms. The van der Waals surface area contributed by atoms with Gasteiger partial charge in [-0.1, -0.05) is 37.3 Å². The van der Waals surface area contributed by atoms with Gasteiger partial charge in [0.1, 0.15) is 11.6 Å². The van der Waals surface area contributed by atoms with Gasteiger partial charge in [0.15, 0.2) is 6.10 Å². The van der Waals surface area contributed by atoms with Crippen LogP contribution in [0, 0.1) is 19.7 Å². The molecule has 0 bridgehead atoms. The summed E-state index contributed by atoms with van der Waals surface area (Å²) < 4.78 is 19.4. The molecule has 0 fully saturated rings. The van der Waals surface area contributed by atoms with Crippen LogP contribution in [-0.4, -0.2) is 12.0 Å². The van der Waals surface area contributed by atoms with Crippen LogP contribution in [0.5, 0.6) is 5.75 Å². The van der Waals surface area contributed by atoms with E-state index in [2.05, 4.69) is 5.32 Å². The zero-order valence-corrected chi connectivity index (χ0v) is 13.7. The first-order valence-corrected chi connectivity index (χ1v) is 7.77. The molecule has 2 rings (SSSR count). The van der Waals surface area contributed by atoms with Gasteiger partial charge in [0.25, 0.3) is 5.91 Å². The molecule has 4 heteroatoms. The highest BCUT2D eigenvalue weighted by Crippen LogP contribution is 2.22. The van der Waals surface area contributed by atoms with Crippen LogP contribution in [0.15, 0.2) is 42.5 Å². The lowest BCUT2D eigenvalue weighted by Crippen LogP contribution is -2.37. The van der Waals surface area contributed by atoms with Gasteiger partial charge < -0.3 is 10.1 Å². The van der Waals surface area contributed by atoms with Gasteiger partial charge in [-0.2, -0.15) is 0 Å². The molecule has 1 atom stereocenters. The molecule has 0 heterocycles. The Kier molecular flexibility index (Phi) is 5.74. The largest absolute Gasteiger partial charge is 0.480 e. The van der Waals surface area contributed by atoms with Crippen LogP contribution in [0.25, 0.3) is 0 Å². The van der Waals surface area contributed by atoms with E-state index in [1.54, 1.807) is 18.2 Å². The van der Waals surface area contributed by atoms with Crippen LogP contribution in [0.3, 0.4) is 0 Å². The average Bonchev–Trinajstić information content (AvgIpc) is 2.55. The number of carbonyl (C=O) groups is 1. The minimum absolute atomic E-state index is 0.151. The number of aryl methyl sites for hydroxylation is 1. The summed E-state index contributed by atoms with van der Waals surface area (Å²) in [5.74, 6) is 0.144. The molecule has 1 unspecified atom stereocenters. The Morgan fingerprint density at radius 3 is 2.61 bits per heavy atom. The lowest BCUT2D eigenvalue weighted by atomic mass is 10.1. The summed E-state index contributed by atoms with van der Waals surface area (Å²) >= 11 is 0. The Morgan fingerprint density at radius 1 is 1.17 bits per heavy atom. The Morgan fingerprint density at radius 2 is 1.91 bits per heavy atom. The van der Waals surface area contributed by atoms with Crippen LogP contribution in [-0.2, 0) is 11.3 Å². The number of rotatable bonds is 6. The van der Waals surface area contributed by atoms with E-state index in [0.29, 0.717) is 17.7 Å². The number of nitrogens with one attached hydrogen (secondary N) is 1.